The van der Waals surface area contributed by atoms with Gasteiger partial charge in [0.1, 0.15) is 12.4 Å². The van der Waals surface area contributed by atoms with Crippen molar-refractivity contribution in [2.24, 2.45) is 0 Å². The largest absolute Gasteiger partial charge is 0.485 e. The van der Waals surface area contributed by atoms with Crippen molar-refractivity contribution in [1.29, 1.82) is 0 Å². The molecule has 0 radical (unpaired) electrons. The Kier molecular flexibility index (Phi) is 5.17. The second kappa shape index (κ2) is 8.27. The first-order valence-corrected chi connectivity index (χ1v) is 10.0. The van der Waals surface area contributed by atoms with Gasteiger partial charge in [0.25, 0.3) is 5.91 Å². The fourth-order valence-electron chi connectivity index (χ4n) is 3.71. The fraction of sp³-hybridized carbons (Fsp3) is 0.273. The lowest BCUT2D eigenvalue weighted by Crippen LogP contribution is -2.41. The number of ether oxygens (including phenoxy) is 3. The summed E-state index contributed by atoms with van der Waals surface area (Å²) in [5, 5.41) is 9.44. The molecule has 2 aliphatic heterocycles. The number of aromatic amines is 1. The van der Waals surface area contributed by atoms with Crippen LogP contribution in [-0.4, -0.2) is 55.1 Å². The van der Waals surface area contributed by atoms with Crippen molar-refractivity contribution in [1.82, 2.24) is 10.2 Å². The number of carbonyl (C=O) groups is 1. The van der Waals surface area contributed by atoms with Crippen molar-refractivity contribution in [3.63, 3.8) is 0 Å². The zero-order valence-corrected chi connectivity index (χ0v) is 16.6. The number of morpholine rings is 1. The lowest BCUT2D eigenvalue weighted by molar-refractivity contribution is -0.125. The number of nitrogens with one attached hydrogen (secondary N) is 2. The van der Waals surface area contributed by atoms with E-state index in [0.29, 0.717) is 60.3 Å². The Morgan fingerprint density at radius 2 is 2.00 bits per heavy atom. The molecule has 0 aliphatic carbocycles. The molecular formula is C22H21FN4O4. The number of aromatic nitrogens is 2. The summed E-state index contributed by atoms with van der Waals surface area (Å²) < 4.78 is 31.8. The minimum absolute atomic E-state index is 0.0747. The first-order chi connectivity index (χ1) is 15.2. The quantitative estimate of drug-likeness (QED) is 0.670. The van der Waals surface area contributed by atoms with Gasteiger partial charge >= 0.3 is 0 Å². The van der Waals surface area contributed by atoms with Crippen LogP contribution >= 0.6 is 0 Å². The number of amides is 1. The van der Waals surface area contributed by atoms with Crippen LogP contribution in [0.5, 0.6) is 11.5 Å². The van der Waals surface area contributed by atoms with Gasteiger partial charge in [0.05, 0.1) is 30.8 Å². The molecule has 2 aliphatic rings. The van der Waals surface area contributed by atoms with E-state index in [0.717, 1.165) is 0 Å². The Labute approximate surface area is 177 Å². The number of anilines is 2. The predicted molar refractivity (Wildman–Crippen MR) is 112 cm³/mol. The highest BCUT2D eigenvalue weighted by Gasteiger charge is 2.29. The van der Waals surface area contributed by atoms with E-state index >= 15 is 0 Å². The van der Waals surface area contributed by atoms with Crippen LogP contribution in [0, 0.1) is 5.82 Å². The molecule has 9 heteroatoms. The number of fused-ring (bicyclic) bond motifs is 1. The third-order valence-corrected chi connectivity index (χ3v) is 5.31. The third-order valence-electron chi connectivity index (χ3n) is 5.31. The van der Waals surface area contributed by atoms with E-state index in [-0.39, 0.29) is 6.61 Å². The van der Waals surface area contributed by atoms with Crippen LogP contribution in [0.25, 0.3) is 11.1 Å². The number of halogens is 1. The molecule has 1 amide bonds. The highest BCUT2D eigenvalue weighted by molar-refractivity contribution is 5.98. The van der Waals surface area contributed by atoms with E-state index in [1.165, 1.54) is 6.07 Å². The van der Waals surface area contributed by atoms with Crippen molar-refractivity contribution < 1.29 is 23.4 Å². The SMILES string of the molecule is O=C(Nc1cc(F)c(-c2cn[nH]c2)cc1N1CCOCC1)C1COc2ccccc2O1. The smallest absolute Gasteiger partial charge is 0.269 e. The maximum atomic E-state index is 15.0. The van der Waals surface area contributed by atoms with E-state index in [9.17, 15) is 9.18 Å². The maximum Gasteiger partial charge on any atom is 0.269 e. The zero-order valence-electron chi connectivity index (χ0n) is 16.6. The van der Waals surface area contributed by atoms with Crippen molar-refractivity contribution in [3.05, 3.63) is 54.6 Å². The van der Waals surface area contributed by atoms with Gasteiger partial charge < -0.3 is 24.4 Å². The molecule has 8 nitrogen and oxygen atoms in total. The average molecular weight is 424 g/mol. The molecule has 2 aromatic carbocycles. The van der Waals surface area contributed by atoms with E-state index < -0.39 is 17.8 Å². The van der Waals surface area contributed by atoms with Crippen LogP contribution < -0.4 is 19.7 Å². The summed E-state index contributed by atoms with van der Waals surface area (Å²) in [5.41, 5.74) is 2.12. The highest BCUT2D eigenvalue weighted by atomic mass is 19.1. The van der Waals surface area contributed by atoms with Crippen molar-refractivity contribution in [2.75, 3.05) is 43.1 Å². The Morgan fingerprint density at radius 3 is 2.77 bits per heavy atom. The first-order valence-electron chi connectivity index (χ1n) is 10.0. The minimum Gasteiger partial charge on any atom is -0.485 e. The second-order valence-electron chi connectivity index (χ2n) is 7.29. The molecule has 3 aromatic rings. The van der Waals surface area contributed by atoms with Gasteiger partial charge in [-0.25, -0.2) is 4.39 Å². The van der Waals surface area contributed by atoms with Crippen molar-refractivity contribution in [3.8, 4) is 22.6 Å². The van der Waals surface area contributed by atoms with E-state index in [2.05, 4.69) is 20.4 Å². The second-order valence-corrected chi connectivity index (χ2v) is 7.29. The average Bonchev–Trinajstić information content (AvgIpc) is 3.34. The molecule has 2 N–H and O–H groups in total. The number of H-pyrrole nitrogens is 1. The molecule has 160 valence electrons. The number of nitrogens with zero attached hydrogens (tertiary/aromatic N) is 2. The fourth-order valence-corrected chi connectivity index (χ4v) is 3.71. The summed E-state index contributed by atoms with van der Waals surface area (Å²) in [7, 11) is 0. The minimum atomic E-state index is -0.843. The van der Waals surface area contributed by atoms with Gasteiger partial charge in [0, 0.05) is 36.5 Å². The predicted octanol–water partition coefficient (Wildman–Crippen LogP) is 2.83. The third kappa shape index (κ3) is 3.91. The van der Waals surface area contributed by atoms with Crippen LogP contribution in [0.4, 0.5) is 15.8 Å². The van der Waals surface area contributed by atoms with Crippen LogP contribution in [-0.2, 0) is 9.53 Å². The van der Waals surface area contributed by atoms with E-state index in [1.807, 2.05) is 12.1 Å². The number of hydrogen-bond acceptors (Lipinski definition) is 6. The summed E-state index contributed by atoms with van der Waals surface area (Å²) in [5.74, 6) is 0.235. The van der Waals surface area contributed by atoms with Crippen LogP contribution in [0.3, 0.4) is 0 Å². The number of para-hydroxylation sites is 2. The van der Waals surface area contributed by atoms with Crippen molar-refractivity contribution >= 4 is 17.3 Å². The van der Waals surface area contributed by atoms with Crippen LogP contribution in [0.2, 0.25) is 0 Å². The lowest BCUT2D eigenvalue weighted by Gasteiger charge is -2.31. The molecule has 0 bridgehead atoms. The van der Waals surface area contributed by atoms with Gasteiger partial charge in [-0.2, -0.15) is 5.10 Å². The Hall–Kier alpha value is -3.59. The summed E-state index contributed by atoms with van der Waals surface area (Å²) in [6.45, 7) is 2.46. The molecule has 5 rings (SSSR count). The zero-order chi connectivity index (χ0) is 21.2. The summed E-state index contributed by atoms with van der Waals surface area (Å²) in [4.78, 5) is 15.0. The number of rotatable bonds is 4. The molecule has 1 atom stereocenters. The number of benzene rings is 2. The highest BCUT2D eigenvalue weighted by Crippen LogP contribution is 2.35. The Bertz CT molecular complexity index is 1080. The molecule has 3 heterocycles. The van der Waals surface area contributed by atoms with Gasteiger partial charge in [-0.05, 0) is 18.2 Å². The number of hydrogen-bond donors (Lipinski definition) is 2. The Morgan fingerprint density at radius 1 is 1.19 bits per heavy atom. The summed E-state index contributed by atoms with van der Waals surface area (Å²) in [6, 6.07) is 10.2. The molecule has 1 fully saturated rings. The normalized spacial score (nSPS) is 18.0. The summed E-state index contributed by atoms with van der Waals surface area (Å²) >= 11 is 0. The van der Waals surface area contributed by atoms with Crippen molar-refractivity contribution in [2.45, 2.75) is 6.10 Å². The standard InChI is InChI=1S/C22H21FN4O4/c23-16-10-17(26-22(28)21-13-30-19-3-1-2-4-20(19)31-21)18(27-5-7-29-8-6-27)9-15(16)14-11-24-25-12-14/h1-4,9-12,21H,5-8,13H2,(H,24,25)(H,26,28). The van der Waals surface area contributed by atoms with E-state index in [1.54, 1.807) is 30.6 Å². The summed E-state index contributed by atoms with van der Waals surface area (Å²) in [6.07, 6.45) is 2.35. The topological polar surface area (TPSA) is 88.7 Å². The molecule has 1 unspecified atom stereocenters. The monoisotopic (exact) mass is 424 g/mol. The number of carbonyl (C=O) groups excluding carboxylic acids is 1. The van der Waals surface area contributed by atoms with Gasteiger partial charge in [0.2, 0.25) is 6.10 Å². The lowest BCUT2D eigenvalue weighted by atomic mass is 10.1. The molecule has 0 spiro atoms. The maximum absolute atomic E-state index is 15.0. The van der Waals surface area contributed by atoms with Gasteiger partial charge in [0.15, 0.2) is 11.5 Å². The van der Waals surface area contributed by atoms with Crippen LogP contribution in [0.15, 0.2) is 48.8 Å². The van der Waals surface area contributed by atoms with E-state index in [4.69, 9.17) is 14.2 Å². The van der Waals surface area contributed by atoms with Gasteiger partial charge in [-0.3, -0.25) is 9.89 Å². The van der Waals surface area contributed by atoms with Gasteiger partial charge in [-0.1, -0.05) is 12.1 Å². The molecule has 31 heavy (non-hydrogen) atoms. The molecular weight excluding hydrogens is 403 g/mol. The molecule has 1 saturated heterocycles. The van der Waals surface area contributed by atoms with Gasteiger partial charge in [-0.15, -0.1) is 0 Å². The molecule has 0 saturated carbocycles. The van der Waals surface area contributed by atoms with Crippen LogP contribution in [0.1, 0.15) is 0 Å². The molecule has 1 aromatic heterocycles. The first kappa shape index (κ1) is 19.4. The Balaban J connectivity index is 1.43.